The van der Waals surface area contributed by atoms with Crippen LogP contribution in [0.15, 0.2) is 22.7 Å². The van der Waals surface area contributed by atoms with Gasteiger partial charge in [0.05, 0.1) is 4.92 Å². The summed E-state index contributed by atoms with van der Waals surface area (Å²) in [5.74, 6) is 0.647. The maximum absolute atomic E-state index is 10.9. The fourth-order valence-corrected chi connectivity index (χ4v) is 2.45. The van der Waals surface area contributed by atoms with Gasteiger partial charge < -0.3 is 5.32 Å². The molecule has 1 N–H and O–H groups in total. The molecule has 1 saturated carbocycles. The van der Waals surface area contributed by atoms with E-state index in [0.29, 0.717) is 11.6 Å². The molecule has 0 amide bonds. The second-order valence-corrected chi connectivity index (χ2v) is 5.46. The molecule has 1 aliphatic rings. The fraction of sp³-hybridized carbons (Fsp3) is 0.500. The first kappa shape index (κ1) is 12.4. The minimum Gasteiger partial charge on any atom is -0.377 e. The smallest absolute Gasteiger partial charge is 0.292 e. The molecular weight excluding hydrogens is 284 g/mol. The van der Waals surface area contributed by atoms with Crippen LogP contribution in [-0.4, -0.2) is 11.0 Å². The molecular formula is C12H15BrN2O2. The number of nitrogens with one attached hydrogen (secondary N) is 1. The molecule has 4 nitrogen and oxygen atoms in total. The van der Waals surface area contributed by atoms with Crippen molar-refractivity contribution < 1.29 is 4.92 Å². The van der Waals surface area contributed by atoms with Gasteiger partial charge in [0.1, 0.15) is 5.69 Å². The molecule has 1 atom stereocenters. The van der Waals surface area contributed by atoms with E-state index in [4.69, 9.17) is 0 Å². The summed E-state index contributed by atoms with van der Waals surface area (Å²) in [5.41, 5.74) is 0.739. The first-order valence-corrected chi connectivity index (χ1v) is 6.57. The number of nitro benzene ring substituents is 1. The van der Waals surface area contributed by atoms with Gasteiger partial charge in [-0.3, -0.25) is 10.1 Å². The zero-order valence-electron chi connectivity index (χ0n) is 9.65. The predicted molar refractivity (Wildman–Crippen MR) is 71.2 cm³/mol. The molecule has 1 fully saturated rings. The molecule has 5 heteroatoms. The van der Waals surface area contributed by atoms with Gasteiger partial charge >= 0.3 is 0 Å². The largest absolute Gasteiger partial charge is 0.377 e. The molecule has 0 saturated heterocycles. The number of benzene rings is 1. The summed E-state index contributed by atoms with van der Waals surface area (Å²) in [7, 11) is 0. The zero-order valence-corrected chi connectivity index (χ0v) is 11.2. The van der Waals surface area contributed by atoms with Gasteiger partial charge in [0.25, 0.3) is 5.69 Å². The highest BCUT2D eigenvalue weighted by Gasteiger charge is 2.25. The Labute approximate surface area is 109 Å². The molecule has 0 radical (unpaired) electrons. The van der Waals surface area contributed by atoms with Crippen LogP contribution in [0.4, 0.5) is 11.4 Å². The van der Waals surface area contributed by atoms with E-state index in [1.807, 2.05) is 0 Å². The van der Waals surface area contributed by atoms with Crippen molar-refractivity contribution in [3.63, 3.8) is 0 Å². The molecule has 0 heterocycles. The van der Waals surface area contributed by atoms with Crippen molar-refractivity contribution in [2.75, 3.05) is 5.32 Å². The van der Waals surface area contributed by atoms with Crippen LogP contribution >= 0.6 is 15.9 Å². The van der Waals surface area contributed by atoms with E-state index in [1.54, 1.807) is 12.1 Å². The van der Waals surface area contributed by atoms with Gasteiger partial charge in [-0.25, -0.2) is 0 Å². The zero-order chi connectivity index (χ0) is 12.4. The molecule has 2 rings (SSSR count). The summed E-state index contributed by atoms with van der Waals surface area (Å²) in [6.07, 6.45) is 3.71. The third-order valence-electron chi connectivity index (χ3n) is 3.40. The molecule has 0 bridgehead atoms. The first-order chi connectivity index (χ1) is 8.08. The summed E-state index contributed by atoms with van der Waals surface area (Å²) < 4.78 is 0.853. The van der Waals surface area contributed by atoms with Crippen molar-refractivity contribution in [3.05, 3.63) is 32.8 Å². The highest BCUT2D eigenvalue weighted by atomic mass is 79.9. The van der Waals surface area contributed by atoms with Gasteiger partial charge in [-0.1, -0.05) is 22.4 Å². The van der Waals surface area contributed by atoms with Crippen LogP contribution in [0.5, 0.6) is 0 Å². The van der Waals surface area contributed by atoms with Gasteiger partial charge in [-0.2, -0.15) is 0 Å². The van der Waals surface area contributed by atoms with Crippen LogP contribution < -0.4 is 5.32 Å². The first-order valence-electron chi connectivity index (χ1n) is 5.78. The second-order valence-electron chi connectivity index (χ2n) is 4.54. The maximum Gasteiger partial charge on any atom is 0.292 e. The Balaban J connectivity index is 2.17. The lowest BCUT2D eigenvalue weighted by atomic mass is 9.80. The van der Waals surface area contributed by atoms with Crippen molar-refractivity contribution in [2.45, 2.75) is 32.2 Å². The van der Waals surface area contributed by atoms with Crippen LogP contribution in [0.2, 0.25) is 0 Å². The predicted octanol–water partition coefficient (Wildman–Crippen LogP) is 3.96. The van der Waals surface area contributed by atoms with E-state index in [0.717, 1.165) is 4.47 Å². The second kappa shape index (κ2) is 5.04. The topological polar surface area (TPSA) is 55.2 Å². The monoisotopic (exact) mass is 298 g/mol. The Hall–Kier alpha value is -1.10. The summed E-state index contributed by atoms with van der Waals surface area (Å²) in [5, 5.41) is 14.2. The summed E-state index contributed by atoms with van der Waals surface area (Å²) in [6.45, 7) is 2.09. The standard InChI is InChI=1S/C12H15BrN2O2/c1-8(9-3-2-4-9)14-11-7-10(13)5-6-12(11)15(16)17/h5-9,14H,2-4H2,1H3. The Morgan fingerprint density at radius 2 is 2.24 bits per heavy atom. The number of hydrogen-bond donors (Lipinski definition) is 1. The highest BCUT2D eigenvalue weighted by Crippen LogP contribution is 2.34. The Morgan fingerprint density at radius 1 is 1.53 bits per heavy atom. The summed E-state index contributed by atoms with van der Waals surface area (Å²) >= 11 is 3.34. The van der Waals surface area contributed by atoms with Crippen molar-refractivity contribution in [3.8, 4) is 0 Å². The van der Waals surface area contributed by atoms with Crippen LogP contribution in [0.25, 0.3) is 0 Å². The van der Waals surface area contributed by atoms with E-state index < -0.39 is 0 Å². The molecule has 0 aromatic heterocycles. The van der Waals surface area contributed by atoms with Crippen molar-refractivity contribution in [2.24, 2.45) is 5.92 Å². The third-order valence-corrected chi connectivity index (χ3v) is 3.89. The molecule has 0 aliphatic heterocycles. The van der Waals surface area contributed by atoms with E-state index in [2.05, 4.69) is 28.2 Å². The molecule has 1 aromatic rings. The van der Waals surface area contributed by atoms with Crippen LogP contribution in [-0.2, 0) is 0 Å². The van der Waals surface area contributed by atoms with Crippen molar-refractivity contribution >= 4 is 27.3 Å². The number of halogens is 1. The Bertz CT molecular complexity index is 433. The van der Waals surface area contributed by atoms with E-state index in [1.165, 1.54) is 25.3 Å². The van der Waals surface area contributed by atoms with Crippen LogP contribution in [0.3, 0.4) is 0 Å². The Morgan fingerprint density at radius 3 is 2.76 bits per heavy atom. The van der Waals surface area contributed by atoms with Crippen LogP contribution in [0.1, 0.15) is 26.2 Å². The lowest BCUT2D eigenvalue weighted by molar-refractivity contribution is -0.384. The highest BCUT2D eigenvalue weighted by molar-refractivity contribution is 9.10. The summed E-state index contributed by atoms with van der Waals surface area (Å²) in [4.78, 5) is 10.6. The normalized spacial score (nSPS) is 17.3. The Kier molecular flexibility index (Phi) is 3.66. The van der Waals surface area contributed by atoms with E-state index in [9.17, 15) is 10.1 Å². The lowest BCUT2D eigenvalue weighted by Gasteiger charge is -2.32. The molecule has 1 aliphatic carbocycles. The number of hydrogen-bond acceptors (Lipinski definition) is 3. The van der Waals surface area contributed by atoms with Crippen molar-refractivity contribution in [1.82, 2.24) is 0 Å². The van der Waals surface area contributed by atoms with Crippen molar-refractivity contribution in [1.29, 1.82) is 0 Å². The van der Waals surface area contributed by atoms with E-state index >= 15 is 0 Å². The minimum atomic E-state index is -0.345. The number of anilines is 1. The third kappa shape index (κ3) is 2.77. The average molecular weight is 299 g/mol. The van der Waals surface area contributed by atoms with Gasteiger partial charge in [-0.15, -0.1) is 0 Å². The average Bonchev–Trinajstić information content (AvgIpc) is 2.13. The number of rotatable bonds is 4. The molecule has 1 aromatic carbocycles. The fourth-order valence-electron chi connectivity index (χ4n) is 2.09. The molecule has 92 valence electrons. The molecule has 17 heavy (non-hydrogen) atoms. The van der Waals surface area contributed by atoms with Gasteiger partial charge in [0, 0.05) is 16.6 Å². The van der Waals surface area contributed by atoms with Gasteiger partial charge in [0.2, 0.25) is 0 Å². The molecule has 1 unspecified atom stereocenters. The molecule has 0 spiro atoms. The SMILES string of the molecule is CC(Nc1cc(Br)ccc1[N+](=O)[O-])C1CCC1. The van der Waals surface area contributed by atoms with Gasteiger partial charge in [0.15, 0.2) is 0 Å². The summed E-state index contributed by atoms with van der Waals surface area (Å²) in [6, 6.07) is 5.28. The van der Waals surface area contributed by atoms with Crippen LogP contribution in [0, 0.1) is 16.0 Å². The quantitative estimate of drug-likeness (QED) is 0.676. The lowest BCUT2D eigenvalue weighted by Crippen LogP contribution is -2.31. The number of nitro groups is 1. The maximum atomic E-state index is 10.9. The number of nitrogens with zero attached hydrogens (tertiary/aromatic N) is 1. The minimum absolute atomic E-state index is 0.138. The van der Waals surface area contributed by atoms with Gasteiger partial charge in [-0.05, 0) is 37.8 Å². The van der Waals surface area contributed by atoms with E-state index in [-0.39, 0.29) is 16.7 Å².